The van der Waals surface area contributed by atoms with E-state index in [2.05, 4.69) is 74.6 Å². The van der Waals surface area contributed by atoms with E-state index in [9.17, 15) is 4.79 Å². The van der Waals surface area contributed by atoms with Crippen LogP contribution in [0.2, 0.25) is 13.1 Å². The average Bonchev–Trinajstić information content (AvgIpc) is 2.46. The van der Waals surface area contributed by atoms with Crippen molar-refractivity contribution in [2.24, 2.45) is 0 Å². The van der Waals surface area contributed by atoms with E-state index in [1.165, 1.54) is 16.3 Å². The summed E-state index contributed by atoms with van der Waals surface area (Å²) in [7, 11) is -1.76. The van der Waals surface area contributed by atoms with Crippen molar-refractivity contribution in [1.82, 2.24) is 0 Å². The minimum absolute atomic E-state index is 0.278. The Morgan fingerprint density at radius 3 is 2.14 bits per heavy atom. The predicted octanol–water partition coefficient (Wildman–Crippen LogP) is 4.21. The van der Waals surface area contributed by atoms with E-state index in [1.807, 2.05) is 0 Å². The van der Waals surface area contributed by atoms with E-state index in [-0.39, 0.29) is 5.78 Å². The molecule has 2 aromatic carbocycles. The third-order valence-electron chi connectivity index (χ3n) is 4.44. The largest absolute Gasteiger partial charge is 0.300 e. The molecule has 0 saturated carbocycles. The second-order valence-electron chi connectivity index (χ2n) is 6.40. The van der Waals surface area contributed by atoms with Gasteiger partial charge in [0, 0.05) is 6.42 Å². The molecule has 0 amide bonds. The van der Waals surface area contributed by atoms with Gasteiger partial charge in [0.05, 0.1) is 8.07 Å². The number of hydrogen-bond donors (Lipinski definition) is 0. The number of aryl methyl sites for hydroxylation is 1. The first-order valence-electron chi connectivity index (χ1n) is 7.53. The van der Waals surface area contributed by atoms with Gasteiger partial charge in [-0.2, -0.15) is 0 Å². The van der Waals surface area contributed by atoms with Crippen LogP contribution in [0.15, 0.2) is 54.6 Å². The minimum Gasteiger partial charge on any atom is -0.300 e. The van der Waals surface area contributed by atoms with Crippen molar-refractivity contribution in [2.45, 2.75) is 38.9 Å². The van der Waals surface area contributed by atoms with Crippen LogP contribution in [0, 0.1) is 6.92 Å². The summed E-state index contributed by atoms with van der Waals surface area (Å²) in [6.45, 7) is 8.61. The average molecular weight is 296 g/mol. The topological polar surface area (TPSA) is 17.1 Å². The van der Waals surface area contributed by atoms with E-state index in [0.29, 0.717) is 12.0 Å². The van der Waals surface area contributed by atoms with Crippen LogP contribution in [-0.4, -0.2) is 13.9 Å². The molecule has 21 heavy (non-hydrogen) atoms. The molecule has 0 spiro atoms. The van der Waals surface area contributed by atoms with Gasteiger partial charge in [-0.15, -0.1) is 0 Å². The molecule has 0 unspecified atom stereocenters. The fourth-order valence-corrected chi connectivity index (χ4v) is 6.44. The molecule has 0 aliphatic heterocycles. The predicted molar refractivity (Wildman–Crippen MR) is 92.8 cm³/mol. The Bertz CT molecular complexity index is 616. The molecule has 1 nitrogen and oxygen atoms in total. The van der Waals surface area contributed by atoms with E-state index < -0.39 is 8.07 Å². The Labute approximate surface area is 129 Å². The lowest BCUT2D eigenvalue weighted by atomic mass is 10.0. The molecule has 0 fully saturated rings. The summed E-state index contributed by atoms with van der Waals surface area (Å²) in [5, 5.41) is 1.42. The zero-order chi connectivity index (χ0) is 15.5. The summed E-state index contributed by atoms with van der Waals surface area (Å²) in [6.07, 6.45) is 0.638. The summed E-state index contributed by atoms with van der Waals surface area (Å²) in [4.78, 5) is 11.8. The molecule has 2 heteroatoms. The first-order valence-corrected chi connectivity index (χ1v) is 10.6. The Morgan fingerprint density at radius 2 is 1.57 bits per heavy atom. The first-order chi connectivity index (χ1) is 9.93. The Hall–Kier alpha value is -1.67. The van der Waals surface area contributed by atoms with Gasteiger partial charge in [-0.1, -0.05) is 72.9 Å². The van der Waals surface area contributed by atoms with Gasteiger partial charge < -0.3 is 4.79 Å². The molecule has 0 bridgehead atoms. The number of Topliss-reactive ketones (excluding diaryl/α,β-unsaturated/α-hetero) is 1. The smallest absolute Gasteiger partial charge is 0.130 e. The molecule has 0 N–H and O–H groups in total. The molecule has 0 aliphatic rings. The second kappa shape index (κ2) is 6.40. The van der Waals surface area contributed by atoms with Crippen LogP contribution in [-0.2, 0) is 4.79 Å². The van der Waals surface area contributed by atoms with Crippen LogP contribution in [0.5, 0.6) is 0 Å². The van der Waals surface area contributed by atoms with Crippen molar-refractivity contribution < 1.29 is 4.79 Å². The lowest BCUT2D eigenvalue weighted by Crippen LogP contribution is -2.48. The van der Waals surface area contributed by atoms with Gasteiger partial charge in [0.2, 0.25) is 0 Å². The number of carbonyl (C=O) groups is 1. The normalized spacial score (nSPS) is 13.0. The third kappa shape index (κ3) is 3.51. The highest BCUT2D eigenvalue weighted by Gasteiger charge is 2.35. The van der Waals surface area contributed by atoms with Gasteiger partial charge in [-0.25, -0.2) is 0 Å². The third-order valence-corrected chi connectivity index (χ3v) is 8.52. The first kappa shape index (κ1) is 15.7. The Kier molecular flexibility index (Phi) is 4.79. The minimum atomic E-state index is -1.76. The maximum Gasteiger partial charge on any atom is 0.130 e. The number of benzene rings is 2. The van der Waals surface area contributed by atoms with Crippen molar-refractivity contribution in [3.05, 3.63) is 65.7 Å². The molecular formula is C19H24OSi. The molecule has 0 saturated heterocycles. The maximum atomic E-state index is 11.8. The highest BCUT2D eigenvalue weighted by atomic mass is 28.3. The van der Waals surface area contributed by atoms with Gasteiger partial charge in [-0.05, 0) is 30.5 Å². The fourth-order valence-electron chi connectivity index (χ4n) is 3.09. The molecule has 0 aromatic heterocycles. The standard InChI is InChI=1S/C19H24OSi/c1-15-10-8-9-13-18(15)19(14-16(2)20)21(3,4)17-11-6-5-7-12-17/h5-13,19H,14H2,1-4H3/t19-/m0/s1. The van der Waals surface area contributed by atoms with Crippen LogP contribution < -0.4 is 5.19 Å². The number of rotatable bonds is 5. The molecular weight excluding hydrogens is 272 g/mol. The highest BCUT2D eigenvalue weighted by Crippen LogP contribution is 2.32. The summed E-state index contributed by atoms with van der Waals surface area (Å²) in [5.41, 5.74) is 2.96. The van der Waals surface area contributed by atoms with Crippen molar-refractivity contribution in [1.29, 1.82) is 0 Å². The van der Waals surface area contributed by atoms with Gasteiger partial charge >= 0.3 is 0 Å². The molecule has 0 radical (unpaired) electrons. The molecule has 0 aliphatic carbocycles. The Morgan fingerprint density at radius 1 is 1.00 bits per heavy atom. The maximum absolute atomic E-state index is 11.8. The lowest BCUT2D eigenvalue weighted by Gasteiger charge is -2.34. The number of hydrogen-bond acceptors (Lipinski definition) is 1. The monoisotopic (exact) mass is 296 g/mol. The molecule has 2 rings (SSSR count). The summed E-state index contributed by atoms with van der Waals surface area (Å²) >= 11 is 0. The van der Waals surface area contributed by atoms with Crippen molar-refractivity contribution in [3.63, 3.8) is 0 Å². The van der Waals surface area contributed by atoms with Crippen molar-refractivity contribution in [2.75, 3.05) is 0 Å². The zero-order valence-corrected chi connectivity index (χ0v) is 14.4. The summed E-state index contributed by atoms with van der Waals surface area (Å²) < 4.78 is 0. The van der Waals surface area contributed by atoms with E-state index in [0.717, 1.165) is 0 Å². The molecule has 0 heterocycles. The summed E-state index contributed by atoms with van der Waals surface area (Å²) in [5.74, 6) is 0.278. The molecule has 2 aromatic rings. The van der Waals surface area contributed by atoms with Gasteiger partial charge in [0.1, 0.15) is 5.78 Å². The fraction of sp³-hybridized carbons (Fsp3) is 0.316. The lowest BCUT2D eigenvalue weighted by molar-refractivity contribution is -0.117. The molecule has 110 valence electrons. The Balaban J connectivity index is 2.50. The van der Waals surface area contributed by atoms with E-state index >= 15 is 0 Å². The van der Waals surface area contributed by atoms with Crippen molar-refractivity contribution in [3.8, 4) is 0 Å². The second-order valence-corrected chi connectivity index (χ2v) is 11.1. The van der Waals surface area contributed by atoms with Crippen LogP contribution in [0.4, 0.5) is 0 Å². The zero-order valence-electron chi connectivity index (χ0n) is 13.4. The van der Waals surface area contributed by atoms with Gasteiger partial charge in [0.25, 0.3) is 0 Å². The van der Waals surface area contributed by atoms with Gasteiger partial charge in [0.15, 0.2) is 0 Å². The van der Waals surface area contributed by atoms with Crippen molar-refractivity contribution >= 4 is 19.0 Å². The van der Waals surface area contributed by atoms with Crippen LogP contribution in [0.3, 0.4) is 0 Å². The number of carbonyl (C=O) groups excluding carboxylic acids is 1. The van der Waals surface area contributed by atoms with E-state index in [1.54, 1.807) is 6.92 Å². The SMILES string of the molecule is CC(=O)C[C@@H](c1ccccc1C)[Si](C)(C)c1ccccc1. The molecule has 1 atom stereocenters. The van der Waals surface area contributed by atoms with E-state index in [4.69, 9.17) is 0 Å². The van der Waals surface area contributed by atoms with Crippen LogP contribution in [0.1, 0.15) is 30.0 Å². The van der Waals surface area contributed by atoms with Gasteiger partial charge in [-0.3, -0.25) is 0 Å². The summed E-state index contributed by atoms with van der Waals surface area (Å²) in [6, 6.07) is 19.2. The quantitative estimate of drug-likeness (QED) is 0.755. The highest BCUT2D eigenvalue weighted by molar-refractivity contribution is 6.91. The van der Waals surface area contributed by atoms with Crippen LogP contribution >= 0.6 is 0 Å². The van der Waals surface area contributed by atoms with Crippen LogP contribution in [0.25, 0.3) is 0 Å². The number of ketones is 1.